The fourth-order valence-electron chi connectivity index (χ4n) is 5.62. The Labute approximate surface area is 196 Å². The fraction of sp³-hybridized carbons (Fsp3) is 0.682. The fourth-order valence-corrected chi connectivity index (χ4v) is 6.43. The van der Waals surface area contributed by atoms with Gasteiger partial charge in [-0.1, -0.05) is 0 Å². The van der Waals surface area contributed by atoms with Gasteiger partial charge in [-0.3, -0.25) is 10.00 Å². The van der Waals surface area contributed by atoms with Gasteiger partial charge in [-0.25, -0.2) is 13.1 Å². The number of sulfonamides is 1. The van der Waals surface area contributed by atoms with Crippen LogP contribution in [-0.4, -0.2) is 73.5 Å². The molecule has 1 aromatic carbocycles. The van der Waals surface area contributed by atoms with Crippen molar-refractivity contribution in [1.82, 2.24) is 19.8 Å². The summed E-state index contributed by atoms with van der Waals surface area (Å²) in [4.78, 5) is 1.99. The number of rotatable bonds is 2. The van der Waals surface area contributed by atoms with Gasteiger partial charge in [0.25, 0.3) is 0 Å². The van der Waals surface area contributed by atoms with Crippen LogP contribution in [0.4, 0.5) is 13.2 Å². The Balaban J connectivity index is 1.41. The molecule has 188 valence electrons. The molecule has 2 bridgehead atoms. The number of benzene rings is 1. The number of ether oxygens (including phenoxy) is 2. The van der Waals surface area contributed by atoms with Crippen molar-refractivity contribution in [3.8, 4) is 5.75 Å². The molecular formula is C22H29F3N4O4S. The average Bonchev–Trinajstić information content (AvgIpc) is 3.27. The normalized spacial score (nSPS) is 29.4. The van der Waals surface area contributed by atoms with Crippen molar-refractivity contribution >= 4 is 20.9 Å². The first-order chi connectivity index (χ1) is 16.2. The van der Waals surface area contributed by atoms with E-state index in [9.17, 15) is 21.6 Å². The van der Waals surface area contributed by atoms with Crippen LogP contribution in [0.15, 0.2) is 18.3 Å². The zero-order valence-electron chi connectivity index (χ0n) is 18.7. The molecule has 0 unspecified atom stereocenters. The van der Waals surface area contributed by atoms with Crippen LogP contribution in [0, 0.1) is 0 Å². The molecular weight excluding hydrogens is 473 g/mol. The van der Waals surface area contributed by atoms with Gasteiger partial charge in [-0.15, -0.1) is 0 Å². The van der Waals surface area contributed by atoms with Crippen molar-refractivity contribution in [1.29, 1.82) is 0 Å². The van der Waals surface area contributed by atoms with Gasteiger partial charge in [-0.2, -0.15) is 18.3 Å². The maximum absolute atomic E-state index is 13.0. The van der Waals surface area contributed by atoms with Crippen LogP contribution in [0.1, 0.15) is 50.0 Å². The van der Waals surface area contributed by atoms with Crippen LogP contribution >= 0.6 is 0 Å². The summed E-state index contributed by atoms with van der Waals surface area (Å²) < 4.78 is 77.1. The van der Waals surface area contributed by atoms with E-state index < -0.39 is 27.6 Å². The molecule has 4 aliphatic rings. The molecule has 2 atom stereocenters. The lowest BCUT2D eigenvalue weighted by Crippen LogP contribution is -2.59. The number of aromatic nitrogens is 2. The summed E-state index contributed by atoms with van der Waals surface area (Å²) in [5.41, 5.74) is -3.24. The van der Waals surface area contributed by atoms with Crippen LogP contribution in [0.2, 0.25) is 0 Å². The largest absolute Gasteiger partial charge is 0.511 e. The zero-order valence-corrected chi connectivity index (χ0v) is 19.5. The summed E-state index contributed by atoms with van der Waals surface area (Å²) in [5.74, 6) is 1.12. The Bertz CT molecular complexity index is 1120. The number of fused-ring (bicyclic) bond motifs is 6. The van der Waals surface area contributed by atoms with Crippen LogP contribution in [0.25, 0.3) is 10.9 Å². The average molecular weight is 503 g/mol. The predicted molar refractivity (Wildman–Crippen MR) is 119 cm³/mol. The van der Waals surface area contributed by atoms with Gasteiger partial charge in [-0.05, 0) is 63.1 Å². The smallest absolute Gasteiger partial charge is 0.492 e. The number of alkyl halides is 3. The summed E-state index contributed by atoms with van der Waals surface area (Å²) in [7, 11) is -5.44. The first kappa shape index (κ1) is 23.8. The first-order valence-corrected chi connectivity index (χ1v) is 13.2. The molecule has 0 radical (unpaired) electrons. The van der Waals surface area contributed by atoms with Crippen LogP contribution in [-0.2, 0) is 14.8 Å². The standard InChI is InChI=1S/C22H29F3N4O4S/c23-22(24,25)34(30,31)28-18-2-1-9-29-10-11-32-20-8-7-17-16(12-26-27-17)21(20)14-3-5-15(6-4-14)33-13-19(18)29/h7-8,12,14-15,18-19,28H,1-6,9-11,13H2,(H,26,27)/t14?,15?,18-,19-/m0/s1. The summed E-state index contributed by atoms with van der Waals surface area (Å²) in [6.45, 7) is 1.61. The monoisotopic (exact) mass is 502 g/mol. The van der Waals surface area contributed by atoms with Gasteiger partial charge in [0.05, 0.1) is 24.4 Å². The summed E-state index contributed by atoms with van der Waals surface area (Å²) in [6.07, 6.45) is 6.19. The van der Waals surface area contributed by atoms with Crippen molar-refractivity contribution in [3.05, 3.63) is 23.9 Å². The second-order valence-electron chi connectivity index (χ2n) is 9.38. The van der Waals surface area contributed by atoms with E-state index in [0.717, 1.165) is 47.9 Å². The van der Waals surface area contributed by atoms with Gasteiger partial charge in [0.1, 0.15) is 12.4 Å². The Morgan fingerprint density at radius 3 is 2.68 bits per heavy atom. The van der Waals surface area contributed by atoms with E-state index in [4.69, 9.17) is 9.47 Å². The molecule has 6 rings (SSSR count). The molecule has 3 aliphatic heterocycles. The Morgan fingerprint density at radius 1 is 1.12 bits per heavy atom. The second-order valence-corrected chi connectivity index (χ2v) is 11.1. The Kier molecular flexibility index (Phi) is 6.51. The van der Waals surface area contributed by atoms with E-state index in [1.165, 1.54) is 0 Å². The summed E-state index contributed by atoms with van der Waals surface area (Å²) in [6, 6.07) is 2.52. The SMILES string of the molecule is O=S(=O)(N[C@H]1CCCN2CCOc3ccc4[nH]ncc4c3C3CCC(CC3)OC[C@@H]12)C(F)(F)F. The van der Waals surface area contributed by atoms with E-state index in [2.05, 4.69) is 10.2 Å². The third kappa shape index (κ3) is 4.65. The molecule has 34 heavy (non-hydrogen) atoms. The molecule has 1 saturated heterocycles. The van der Waals surface area contributed by atoms with E-state index in [-0.39, 0.29) is 12.7 Å². The Morgan fingerprint density at radius 2 is 1.91 bits per heavy atom. The molecule has 2 aromatic rings. The molecule has 12 heteroatoms. The van der Waals surface area contributed by atoms with E-state index >= 15 is 0 Å². The summed E-state index contributed by atoms with van der Waals surface area (Å²) in [5, 5.41) is 8.26. The van der Waals surface area contributed by atoms with E-state index in [1.807, 2.05) is 28.0 Å². The number of hydrogen-bond donors (Lipinski definition) is 2. The molecule has 0 amide bonds. The number of nitrogens with zero attached hydrogens (tertiary/aromatic N) is 2. The van der Waals surface area contributed by atoms with E-state index in [0.29, 0.717) is 38.5 Å². The first-order valence-electron chi connectivity index (χ1n) is 11.8. The van der Waals surface area contributed by atoms with Crippen molar-refractivity contribution in [2.45, 2.75) is 68.1 Å². The predicted octanol–water partition coefficient (Wildman–Crippen LogP) is 3.27. The molecule has 2 N–H and O–H groups in total. The summed E-state index contributed by atoms with van der Waals surface area (Å²) >= 11 is 0. The highest BCUT2D eigenvalue weighted by Crippen LogP contribution is 2.42. The van der Waals surface area contributed by atoms with E-state index in [1.54, 1.807) is 0 Å². The molecule has 1 aliphatic carbocycles. The highest BCUT2D eigenvalue weighted by Gasteiger charge is 2.48. The lowest BCUT2D eigenvalue weighted by Gasteiger charge is -2.42. The molecule has 2 fully saturated rings. The lowest BCUT2D eigenvalue weighted by atomic mass is 9.81. The third-order valence-electron chi connectivity index (χ3n) is 7.35. The van der Waals surface area contributed by atoms with Crippen molar-refractivity contribution in [3.63, 3.8) is 0 Å². The number of hydrogen-bond acceptors (Lipinski definition) is 6. The zero-order chi connectivity index (χ0) is 23.9. The number of nitrogens with one attached hydrogen (secondary N) is 2. The number of halogens is 3. The maximum Gasteiger partial charge on any atom is 0.511 e. The lowest BCUT2D eigenvalue weighted by molar-refractivity contribution is -0.0482. The minimum atomic E-state index is -5.44. The minimum Gasteiger partial charge on any atom is -0.492 e. The third-order valence-corrected chi connectivity index (χ3v) is 8.57. The molecule has 0 spiro atoms. The van der Waals surface area contributed by atoms with Crippen molar-refractivity contribution in [2.75, 3.05) is 26.3 Å². The minimum absolute atomic E-state index is 0.00595. The van der Waals surface area contributed by atoms with Crippen molar-refractivity contribution < 1.29 is 31.1 Å². The topological polar surface area (TPSA) is 96.6 Å². The van der Waals surface area contributed by atoms with Crippen LogP contribution < -0.4 is 9.46 Å². The molecule has 8 nitrogen and oxygen atoms in total. The van der Waals surface area contributed by atoms with Gasteiger partial charge in [0.2, 0.25) is 0 Å². The quantitative estimate of drug-likeness (QED) is 0.655. The van der Waals surface area contributed by atoms with Crippen LogP contribution in [0.5, 0.6) is 5.75 Å². The highest BCUT2D eigenvalue weighted by molar-refractivity contribution is 7.90. The number of aromatic amines is 1. The van der Waals surface area contributed by atoms with Gasteiger partial charge < -0.3 is 9.47 Å². The molecule has 1 aromatic heterocycles. The molecule has 1 saturated carbocycles. The van der Waals surface area contributed by atoms with Gasteiger partial charge in [0.15, 0.2) is 0 Å². The Hall–Kier alpha value is -1.89. The number of piperidine rings is 1. The maximum atomic E-state index is 13.0. The van der Waals surface area contributed by atoms with Crippen molar-refractivity contribution in [2.24, 2.45) is 0 Å². The van der Waals surface area contributed by atoms with Gasteiger partial charge in [0, 0.05) is 29.6 Å². The highest BCUT2D eigenvalue weighted by atomic mass is 32.2. The van der Waals surface area contributed by atoms with Crippen LogP contribution in [0.3, 0.4) is 0 Å². The number of H-pyrrole nitrogens is 1. The molecule has 4 heterocycles. The van der Waals surface area contributed by atoms with Gasteiger partial charge >= 0.3 is 15.5 Å². The second kappa shape index (κ2) is 9.29.